The summed E-state index contributed by atoms with van der Waals surface area (Å²) in [7, 11) is 0. The molecule has 1 aliphatic rings. The van der Waals surface area contributed by atoms with Crippen molar-refractivity contribution in [2.75, 3.05) is 25.0 Å². The number of rotatable bonds is 6. The van der Waals surface area contributed by atoms with Crippen molar-refractivity contribution in [1.29, 1.82) is 0 Å². The lowest BCUT2D eigenvalue weighted by atomic mass is 10.0. The minimum Gasteiger partial charge on any atom is -0.342 e. The van der Waals surface area contributed by atoms with E-state index >= 15 is 0 Å². The second-order valence-electron chi connectivity index (χ2n) is 6.32. The van der Waals surface area contributed by atoms with Gasteiger partial charge in [-0.05, 0) is 44.2 Å². The van der Waals surface area contributed by atoms with Crippen LogP contribution in [0.2, 0.25) is 0 Å². The van der Waals surface area contributed by atoms with E-state index < -0.39 is 0 Å². The van der Waals surface area contributed by atoms with Gasteiger partial charge in [-0.25, -0.2) is 0 Å². The van der Waals surface area contributed by atoms with Crippen molar-refractivity contribution in [3.8, 4) is 0 Å². The van der Waals surface area contributed by atoms with E-state index in [4.69, 9.17) is 0 Å². The zero-order valence-corrected chi connectivity index (χ0v) is 14.2. The first kappa shape index (κ1) is 17.5. The van der Waals surface area contributed by atoms with Gasteiger partial charge in [-0.1, -0.05) is 25.1 Å². The summed E-state index contributed by atoms with van der Waals surface area (Å²) in [5.41, 5.74) is 1.92. The summed E-state index contributed by atoms with van der Waals surface area (Å²) in [5, 5.41) is 5.60. The Kier molecular flexibility index (Phi) is 6.59. The maximum Gasteiger partial charge on any atom is 0.275 e. The molecule has 2 amide bonds. The fourth-order valence-corrected chi connectivity index (χ4v) is 3.11. The Morgan fingerprint density at radius 2 is 2.00 bits per heavy atom. The second-order valence-corrected chi connectivity index (χ2v) is 6.32. The normalized spacial score (nSPS) is 20.8. The van der Waals surface area contributed by atoms with E-state index in [0.717, 1.165) is 24.2 Å². The van der Waals surface area contributed by atoms with E-state index in [0.29, 0.717) is 12.6 Å². The van der Waals surface area contributed by atoms with Crippen molar-refractivity contribution >= 4 is 17.5 Å². The highest BCUT2D eigenvalue weighted by atomic mass is 16.2. The lowest BCUT2D eigenvalue weighted by Gasteiger charge is -2.29. The highest BCUT2D eigenvalue weighted by molar-refractivity contribution is 5.95. The number of para-hydroxylation sites is 1. The minimum atomic E-state index is -0.180. The fraction of sp³-hybridized carbons (Fsp3) is 0.556. The molecule has 23 heavy (non-hydrogen) atoms. The molecule has 1 heterocycles. The largest absolute Gasteiger partial charge is 0.342 e. The Hall–Kier alpha value is -1.88. The first-order valence-electron chi connectivity index (χ1n) is 8.59. The van der Waals surface area contributed by atoms with Gasteiger partial charge in [-0.2, -0.15) is 0 Å². The Balaban J connectivity index is 1.76. The Bertz CT molecular complexity index is 545. The molecular formula is C18H28N3O2+. The molecule has 0 spiro atoms. The number of carbonyl (C=O) groups is 2. The van der Waals surface area contributed by atoms with Crippen LogP contribution in [-0.2, 0) is 16.0 Å². The highest BCUT2D eigenvalue weighted by Crippen LogP contribution is 2.14. The average molecular weight is 318 g/mol. The van der Waals surface area contributed by atoms with Gasteiger partial charge in [0.05, 0.1) is 19.1 Å². The van der Waals surface area contributed by atoms with Crippen LogP contribution < -0.4 is 15.5 Å². The molecule has 0 bridgehead atoms. The Labute approximate surface area is 138 Å². The number of likely N-dealkylation sites (tertiary alicyclic amines) is 1. The van der Waals surface area contributed by atoms with Gasteiger partial charge in [0.15, 0.2) is 6.54 Å². The van der Waals surface area contributed by atoms with Gasteiger partial charge in [-0.15, -0.1) is 0 Å². The second kappa shape index (κ2) is 8.67. The summed E-state index contributed by atoms with van der Waals surface area (Å²) in [6.45, 7) is 5.77. The van der Waals surface area contributed by atoms with E-state index in [9.17, 15) is 9.59 Å². The molecule has 1 aromatic rings. The first-order chi connectivity index (χ1) is 11.1. The zero-order valence-electron chi connectivity index (χ0n) is 14.2. The van der Waals surface area contributed by atoms with Gasteiger partial charge in [0.1, 0.15) is 0 Å². The maximum absolute atomic E-state index is 12.0. The predicted molar refractivity (Wildman–Crippen MR) is 91.5 cm³/mol. The summed E-state index contributed by atoms with van der Waals surface area (Å²) in [6, 6.07) is 8.26. The van der Waals surface area contributed by atoms with E-state index in [-0.39, 0.29) is 18.4 Å². The van der Waals surface area contributed by atoms with Crippen molar-refractivity contribution in [2.24, 2.45) is 0 Å². The molecule has 2 rings (SSSR count). The number of carbonyl (C=O) groups excluding carboxylic acids is 2. The van der Waals surface area contributed by atoms with Gasteiger partial charge in [0.2, 0.25) is 5.91 Å². The van der Waals surface area contributed by atoms with E-state index in [1.165, 1.54) is 24.2 Å². The molecule has 3 N–H and O–H groups in total. The number of anilines is 1. The molecule has 1 saturated heterocycles. The monoisotopic (exact) mass is 318 g/mol. The average Bonchev–Trinajstić information content (AvgIpc) is 2.55. The minimum absolute atomic E-state index is 0.0263. The van der Waals surface area contributed by atoms with Crippen molar-refractivity contribution in [1.82, 2.24) is 5.32 Å². The van der Waals surface area contributed by atoms with E-state index in [2.05, 4.69) is 24.5 Å². The van der Waals surface area contributed by atoms with Crippen LogP contribution in [0.3, 0.4) is 0 Å². The topological polar surface area (TPSA) is 62.6 Å². The van der Waals surface area contributed by atoms with Crippen LogP contribution in [0.1, 0.15) is 38.7 Å². The first-order valence-corrected chi connectivity index (χ1v) is 8.59. The van der Waals surface area contributed by atoms with Crippen molar-refractivity contribution in [2.45, 2.75) is 45.6 Å². The number of benzene rings is 1. The molecule has 5 heteroatoms. The molecule has 0 aromatic heterocycles. The summed E-state index contributed by atoms with van der Waals surface area (Å²) >= 11 is 0. The van der Waals surface area contributed by atoms with E-state index in [1.807, 2.05) is 24.3 Å². The summed E-state index contributed by atoms with van der Waals surface area (Å²) < 4.78 is 0. The lowest BCUT2D eigenvalue weighted by Crippen LogP contribution is -3.17. The molecule has 126 valence electrons. The lowest BCUT2D eigenvalue weighted by molar-refractivity contribution is -0.920. The SMILES string of the molecule is CCc1ccccc1NC(=O)CNC(=O)C[NH+]1CCCC[C@@H]1C. The van der Waals surface area contributed by atoms with Gasteiger partial charge in [0, 0.05) is 5.69 Å². The van der Waals surface area contributed by atoms with Gasteiger partial charge < -0.3 is 15.5 Å². The summed E-state index contributed by atoms with van der Waals surface area (Å²) in [4.78, 5) is 25.4. The quantitative estimate of drug-likeness (QED) is 0.725. The molecule has 1 fully saturated rings. The smallest absolute Gasteiger partial charge is 0.275 e. The van der Waals surface area contributed by atoms with Gasteiger partial charge in [0.25, 0.3) is 5.91 Å². The number of piperidine rings is 1. The number of quaternary nitrogens is 1. The highest BCUT2D eigenvalue weighted by Gasteiger charge is 2.24. The fourth-order valence-electron chi connectivity index (χ4n) is 3.11. The third-order valence-corrected chi connectivity index (χ3v) is 4.59. The molecule has 5 nitrogen and oxygen atoms in total. The van der Waals surface area contributed by atoms with Crippen LogP contribution in [0.4, 0.5) is 5.69 Å². The number of hydrogen-bond donors (Lipinski definition) is 3. The van der Waals surface area contributed by atoms with E-state index in [1.54, 1.807) is 0 Å². The zero-order chi connectivity index (χ0) is 16.7. The van der Waals surface area contributed by atoms with Crippen LogP contribution in [-0.4, -0.2) is 37.5 Å². The molecule has 0 aliphatic carbocycles. The Morgan fingerprint density at radius 3 is 2.74 bits per heavy atom. The third-order valence-electron chi connectivity index (χ3n) is 4.59. The van der Waals surface area contributed by atoms with Crippen LogP contribution in [0.5, 0.6) is 0 Å². The van der Waals surface area contributed by atoms with Gasteiger partial charge in [-0.3, -0.25) is 9.59 Å². The maximum atomic E-state index is 12.0. The molecule has 1 aliphatic heterocycles. The predicted octanol–water partition coefficient (Wildman–Crippen LogP) is 0.761. The number of aryl methyl sites for hydroxylation is 1. The summed E-state index contributed by atoms with van der Waals surface area (Å²) in [6.07, 6.45) is 4.47. The molecule has 2 atom stereocenters. The van der Waals surface area contributed by atoms with Crippen LogP contribution in [0, 0.1) is 0 Å². The van der Waals surface area contributed by atoms with Crippen molar-refractivity contribution in [3.63, 3.8) is 0 Å². The molecular weight excluding hydrogens is 290 g/mol. The Morgan fingerprint density at radius 1 is 1.22 bits per heavy atom. The number of hydrogen-bond acceptors (Lipinski definition) is 2. The molecule has 1 unspecified atom stereocenters. The van der Waals surface area contributed by atoms with Crippen molar-refractivity contribution in [3.05, 3.63) is 29.8 Å². The molecule has 1 aromatic carbocycles. The summed E-state index contributed by atoms with van der Waals surface area (Å²) in [5.74, 6) is -0.228. The standard InChI is InChI=1S/C18H27N3O2/c1-3-15-9-4-5-10-16(15)20-17(22)12-19-18(23)13-21-11-7-6-8-14(21)2/h4-5,9-10,14H,3,6-8,11-13H2,1-2H3,(H,19,23)(H,20,22)/p+1/t14-/m0/s1. The van der Waals surface area contributed by atoms with Crippen LogP contribution in [0.15, 0.2) is 24.3 Å². The van der Waals surface area contributed by atoms with Crippen molar-refractivity contribution < 1.29 is 14.5 Å². The molecule has 0 radical (unpaired) electrons. The third kappa shape index (κ3) is 5.36. The van der Waals surface area contributed by atoms with Crippen LogP contribution in [0.25, 0.3) is 0 Å². The molecule has 0 saturated carbocycles. The number of amides is 2. The van der Waals surface area contributed by atoms with Gasteiger partial charge >= 0.3 is 0 Å². The van der Waals surface area contributed by atoms with Crippen LogP contribution >= 0.6 is 0 Å². The number of nitrogens with one attached hydrogen (secondary N) is 3.